The maximum atomic E-state index is 12.3. The van der Waals surface area contributed by atoms with Gasteiger partial charge in [-0.05, 0) is 26.2 Å². The first-order valence-corrected chi connectivity index (χ1v) is 8.64. The Bertz CT molecular complexity index is 351. The third-order valence-corrected chi connectivity index (χ3v) is 5.69. The molecule has 1 aliphatic rings. The minimum Gasteiger partial charge on any atom is -0.377 e. The van der Waals surface area contributed by atoms with Gasteiger partial charge in [-0.1, -0.05) is 13.8 Å². The lowest BCUT2D eigenvalue weighted by Gasteiger charge is -2.29. The average Bonchev–Trinajstić information content (AvgIpc) is 2.36. The Balaban J connectivity index is 2.49. The van der Waals surface area contributed by atoms with Crippen LogP contribution in [0.25, 0.3) is 0 Å². The van der Waals surface area contributed by atoms with Gasteiger partial charge in [0.2, 0.25) is 10.0 Å². The van der Waals surface area contributed by atoms with Crippen molar-refractivity contribution in [3.8, 4) is 0 Å². The zero-order valence-electron chi connectivity index (χ0n) is 12.6. The van der Waals surface area contributed by atoms with Crippen molar-refractivity contribution >= 4 is 10.0 Å². The molecule has 19 heavy (non-hydrogen) atoms. The molecule has 0 bridgehead atoms. The highest BCUT2D eigenvalue weighted by molar-refractivity contribution is 7.89. The molecule has 1 N–H and O–H groups in total. The Morgan fingerprint density at radius 3 is 2.53 bits per heavy atom. The van der Waals surface area contributed by atoms with Crippen molar-refractivity contribution in [1.29, 1.82) is 0 Å². The van der Waals surface area contributed by atoms with Crippen LogP contribution < -0.4 is 5.32 Å². The summed E-state index contributed by atoms with van der Waals surface area (Å²) in [5.74, 6) is 0. The Labute approximate surface area is 117 Å². The number of sulfonamides is 1. The molecule has 0 aliphatic carbocycles. The maximum absolute atomic E-state index is 12.3. The summed E-state index contributed by atoms with van der Waals surface area (Å²) in [5.41, 5.74) is 0. The number of rotatable bonds is 7. The van der Waals surface area contributed by atoms with Crippen LogP contribution in [0.4, 0.5) is 0 Å². The smallest absolute Gasteiger partial charge is 0.217 e. The van der Waals surface area contributed by atoms with Crippen molar-refractivity contribution in [2.45, 2.75) is 57.4 Å². The summed E-state index contributed by atoms with van der Waals surface area (Å²) in [6.07, 6.45) is 3.22. The molecule has 2 unspecified atom stereocenters. The van der Waals surface area contributed by atoms with E-state index in [1.54, 1.807) is 14.0 Å². The van der Waals surface area contributed by atoms with Crippen LogP contribution in [0.5, 0.6) is 0 Å². The minimum absolute atomic E-state index is 0.0544. The Morgan fingerprint density at radius 2 is 2.00 bits per heavy atom. The number of nitrogens with zero attached hydrogens (tertiary/aromatic N) is 1. The van der Waals surface area contributed by atoms with Gasteiger partial charge in [-0.2, -0.15) is 0 Å². The van der Waals surface area contributed by atoms with Crippen molar-refractivity contribution in [2.75, 3.05) is 26.7 Å². The highest BCUT2D eigenvalue weighted by Gasteiger charge is 2.28. The first-order valence-electron chi connectivity index (χ1n) is 7.14. The number of nitrogens with one attached hydrogen (secondary N) is 1. The van der Waals surface area contributed by atoms with Crippen molar-refractivity contribution in [3.05, 3.63) is 0 Å². The quantitative estimate of drug-likeness (QED) is 0.766. The van der Waals surface area contributed by atoms with E-state index in [1.807, 2.05) is 13.8 Å². The van der Waals surface area contributed by atoms with E-state index in [0.717, 1.165) is 25.9 Å². The third-order valence-electron chi connectivity index (χ3n) is 3.49. The summed E-state index contributed by atoms with van der Waals surface area (Å²) in [5, 5.41) is 2.76. The van der Waals surface area contributed by atoms with Gasteiger partial charge < -0.3 is 10.1 Å². The normalized spacial score (nSPS) is 22.9. The molecule has 1 saturated heterocycles. The molecule has 0 aromatic rings. The van der Waals surface area contributed by atoms with E-state index in [2.05, 4.69) is 5.32 Å². The van der Waals surface area contributed by atoms with E-state index in [9.17, 15) is 8.42 Å². The minimum atomic E-state index is -3.24. The molecule has 2 atom stereocenters. The summed E-state index contributed by atoms with van der Waals surface area (Å²) in [6.45, 7) is 7.48. The zero-order valence-corrected chi connectivity index (χ0v) is 13.4. The molecule has 1 heterocycles. The van der Waals surface area contributed by atoms with Gasteiger partial charge in [0.15, 0.2) is 0 Å². The molecule has 5 nitrogen and oxygen atoms in total. The van der Waals surface area contributed by atoms with Gasteiger partial charge in [-0.3, -0.25) is 0 Å². The van der Waals surface area contributed by atoms with Crippen LogP contribution in [0, 0.1) is 0 Å². The summed E-state index contributed by atoms with van der Waals surface area (Å²) in [6, 6.07) is 0.296. The summed E-state index contributed by atoms with van der Waals surface area (Å²) in [4.78, 5) is 0. The molecule has 0 aromatic heterocycles. The molecule has 0 spiro atoms. The second-order valence-corrected chi connectivity index (χ2v) is 8.15. The van der Waals surface area contributed by atoms with Crippen molar-refractivity contribution < 1.29 is 13.2 Å². The summed E-state index contributed by atoms with van der Waals surface area (Å²) < 4.78 is 31.7. The lowest BCUT2D eigenvalue weighted by Crippen LogP contribution is -2.44. The van der Waals surface area contributed by atoms with Crippen LogP contribution in [-0.4, -0.2) is 56.9 Å². The molecule has 0 amide bonds. The zero-order chi connectivity index (χ0) is 14.5. The fraction of sp³-hybridized carbons (Fsp3) is 1.00. The van der Waals surface area contributed by atoms with Crippen LogP contribution in [0.2, 0.25) is 0 Å². The SMILES string of the molecule is CC(C)NCC(C)S(=O)(=O)N(C)CC1CCCCO1. The molecule has 1 fully saturated rings. The van der Waals surface area contributed by atoms with E-state index >= 15 is 0 Å². The molecule has 0 radical (unpaired) electrons. The first-order chi connectivity index (χ1) is 8.84. The van der Waals surface area contributed by atoms with Gasteiger partial charge in [0.25, 0.3) is 0 Å². The van der Waals surface area contributed by atoms with Crippen LogP contribution >= 0.6 is 0 Å². The van der Waals surface area contributed by atoms with E-state index in [1.165, 1.54) is 4.31 Å². The molecule has 114 valence electrons. The van der Waals surface area contributed by atoms with Crippen LogP contribution in [0.3, 0.4) is 0 Å². The predicted octanol–water partition coefficient (Wildman–Crippen LogP) is 1.20. The molecule has 0 aromatic carbocycles. The Kier molecular flexibility index (Phi) is 6.73. The molecular weight excluding hydrogens is 264 g/mol. The van der Waals surface area contributed by atoms with E-state index in [4.69, 9.17) is 4.74 Å². The highest BCUT2D eigenvalue weighted by atomic mass is 32.2. The van der Waals surface area contributed by atoms with Gasteiger partial charge in [-0.15, -0.1) is 0 Å². The van der Waals surface area contributed by atoms with Crippen molar-refractivity contribution in [1.82, 2.24) is 9.62 Å². The van der Waals surface area contributed by atoms with Gasteiger partial charge in [0.05, 0.1) is 11.4 Å². The molecular formula is C13H28N2O3S. The van der Waals surface area contributed by atoms with Crippen molar-refractivity contribution in [2.24, 2.45) is 0 Å². The van der Waals surface area contributed by atoms with E-state index in [-0.39, 0.29) is 6.10 Å². The summed E-state index contributed by atoms with van der Waals surface area (Å²) in [7, 11) is -1.59. The lowest BCUT2D eigenvalue weighted by molar-refractivity contribution is 0.00850. The van der Waals surface area contributed by atoms with Crippen molar-refractivity contribution in [3.63, 3.8) is 0 Å². The van der Waals surface area contributed by atoms with E-state index in [0.29, 0.717) is 19.1 Å². The van der Waals surface area contributed by atoms with Gasteiger partial charge in [0.1, 0.15) is 0 Å². The summed E-state index contributed by atoms with van der Waals surface area (Å²) >= 11 is 0. The number of ether oxygens (including phenoxy) is 1. The fourth-order valence-corrected chi connectivity index (χ4v) is 3.45. The van der Waals surface area contributed by atoms with Gasteiger partial charge >= 0.3 is 0 Å². The first kappa shape index (κ1) is 16.9. The molecule has 6 heteroatoms. The Hall–Kier alpha value is -0.170. The average molecular weight is 292 g/mol. The second-order valence-electron chi connectivity index (χ2n) is 5.69. The van der Waals surface area contributed by atoms with Gasteiger partial charge in [0, 0.05) is 32.8 Å². The second kappa shape index (κ2) is 7.57. The molecule has 1 rings (SSSR count). The fourth-order valence-electron chi connectivity index (χ4n) is 2.16. The highest BCUT2D eigenvalue weighted by Crippen LogP contribution is 2.16. The standard InChI is InChI=1S/C13H28N2O3S/c1-11(2)14-9-12(3)19(16,17)15(4)10-13-7-5-6-8-18-13/h11-14H,5-10H2,1-4H3. The van der Waals surface area contributed by atoms with Crippen LogP contribution in [0.1, 0.15) is 40.0 Å². The van der Waals surface area contributed by atoms with Gasteiger partial charge in [-0.25, -0.2) is 12.7 Å². The lowest BCUT2D eigenvalue weighted by atomic mass is 10.1. The van der Waals surface area contributed by atoms with Crippen LogP contribution in [-0.2, 0) is 14.8 Å². The largest absolute Gasteiger partial charge is 0.377 e. The predicted molar refractivity (Wildman–Crippen MR) is 77.7 cm³/mol. The third kappa shape index (κ3) is 5.38. The number of likely N-dealkylation sites (N-methyl/N-ethyl adjacent to an activating group) is 1. The molecule has 0 saturated carbocycles. The van der Waals surface area contributed by atoms with E-state index < -0.39 is 15.3 Å². The maximum Gasteiger partial charge on any atom is 0.217 e. The number of hydrogen-bond donors (Lipinski definition) is 1. The molecule has 1 aliphatic heterocycles. The monoisotopic (exact) mass is 292 g/mol. The topological polar surface area (TPSA) is 58.6 Å². The number of hydrogen-bond acceptors (Lipinski definition) is 4. The Morgan fingerprint density at radius 1 is 1.32 bits per heavy atom. The van der Waals surface area contributed by atoms with Crippen LogP contribution in [0.15, 0.2) is 0 Å².